The molecule has 128 valence electrons. The van der Waals surface area contributed by atoms with Gasteiger partial charge in [-0.3, -0.25) is 4.98 Å². The summed E-state index contributed by atoms with van der Waals surface area (Å²) in [7, 11) is 0. The van der Waals surface area contributed by atoms with Crippen LogP contribution in [0.1, 0.15) is 5.56 Å². The maximum atomic E-state index is 11.0. The summed E-state index contributed by atoms with van der Waals surface area (Å²) in [6.07, 6.45) is 4.77. The molecule has 0 bridgehead atoms. The van der Waals surface area contributed by atoms with Crippen molar-refractivity contribution in [2.45, 2.75) is 6.54 Å². The Hall–Kier alpha value is -3.81. The maximum Gasteiger partial charge on any atom is 0.368 e. The lowest BCUT2D eigenvalue weighted by Crippen LogP contribution is -2.05. The van der Waals surface area contributed by atoms with Crippen molar-refractivity contribution in [2.24, 2.45) is 0 Å². The molecule has 8 nitrogen and oxygen atoms in total. The molecule has 0 aliphatic rings. The van der Waals surface area contributed by atoms with Crippen LogP contribution >= 0.6 is 0 Å². The van der Waals surface area contributed by atoms with E-state index in [0.717, 1.165) is 16.7 Å². The van der Waals surface area contributed by atoms with Gasteiger partial charge in [-0.15, -0.1) is 0 Å². The molecule has 0 saturated carbocycles. The summed E-state index contributed by atoms with van der Waals surface area (Å²) in [5, 5.41) is 18.4. The van der Waals surface area contributed by atoms with E-state index in [9.17, 15) is 10.1 Å². The Labute approximate surface area is 148 Å². The van der Waals surface area contributed by atoms with E-state index < -0.39 is 4.92 Å². The minimum atomic E-state index is -0.506. The number of fused-ring (bicyclic) bond motifs is 1. The van der Waals surface area contributed by atoms with Gasteiger partial charge in [0.15, 0.2) is 5.82 Å². The normalized spacial score (nSPS) is 10.8. The molecule has 4 aromatic rings. The van der Waals surface area contributed by atoms with Gasteiger partial charge >= 0.3 is 5.82 Å². The van der Waals surface area contributed by atoms with Gasteiger partial charge in [0.1, 0.15) is 6.20 Å². The smallest absolute Gasteiger partial charge is 0.363 e. The average Bonchev–Trinajstić information content (AvgIpc) is 3.11. The maximum absolute atomic E-state index is 11.0. The Morgan fingerprint density at radius 1 is 1.04 bits per heavy atom. The molecule has 8 heteroatoms. The van der Waals surface area contributed by atoms with Crippen molar-refractivity contribution in [2.75, 3.05) is 5.32 Å². The van der Waals surface area contributed by atoms with Gasteiger partial charge in [-0.2, -0.15) is 0 Å². The number of nitrogens with one attached hydrogen (secondary N) is 1. The van der Waals surface area contributed by atoms with Gasteiger partial charge in [0.25, 0.3) is 0 Å². The van der Waals surface area contributed by atoms with E-state index in [1.807, 2.05) is 42.6 Å². The van der Waals surface area contributed by atoms with Crippen LogP contribution in [0.3, 0.4) is 0 Å². The number of pyridine rings is 1. The highest BCUT2D eigenvalue weighted by Gasteiger charge is 2.15. The highest BCUT2D eigenvalue weighted by Crippen LogP contribution is 2.19. The van der Waals surface area contributed by atoms with E-state index in [-0.39, 0.29) is 5.82 Å². The van der Waals surface area contributed by atoms with Crippen LogP contribution in [0, 0.1) is 10.1 Å². The Bertz CT molecular complexity index is 1060. The zero-order valence-electron chi connectivity index (χ0n) is 13.6. The Morgan fingerprint density at radius 2 is 1.88 bits per heavy atom. The van der Waals surface area contributed by atoms with E-state index in [1.165, 1.54) is 10.7 Å². The zero-order chi connectivity index (χ0) is 17.9. The third-order valence-corrected chi connectivity index (χ3v) is 3.95. The van der Waals surface area contributed by atoms with Crippen LogP contribution < -0.4 is 5.32 Å². The third kappa shape index (κ3) is 3.07. The predicted octanol–water partition coefficient (Wildman–Crippen LogP) is 3.31. The molecule has 0 unspecified atom stereocenters. The first-order valence-electron chi connectivity index (χ1n) is 7.93. The molecule has 0 aliphatic carbocycles. The van der Waals surface area contributed by atoms with Crippen molar-refractivity contribution < 1.29 is 4.92 Å². The summed E-state index contributed by atoms with van der Waals surface area (Å²) in [4.78, 5) is 18.6. The summed E-state index contributed by atoms with van der Waals surface area (Å²) in [6.45, 7) is 0.550. The molecule has 0 spiro atoms. The SMILES string of the molecule is O=[N+]([O-])c1cnc2ccc(NCc3ccc(-c4cccnc4)cc3)nn12. The van der Waals surface area contributed by atoms with Crippen LogP contribution in [0.5, 0.6) is 0 Å². The van der Waals surface area contributed by atoms with Crippen LogP contribution in [-0.4, -0.2) is 24.5 Å². The minimum Gasteiger partial charge on any atom is -0.363 e. The monoisotopic (exact) mass is 346 g/mol. The number of aromatic nitrogens is 4. The second-order valence-electron chi connectivity index (χ2n) is 5.65. The van der Waals surface area contributed by atoms with Crippen LogP contribution in [0.4, 0.5) is 11.6 Å². The number of hydrogen-bond donors (Lipinski definition) is 1. The molecule has 1 aromatic carbocycles. The second kappa shape index (κ2) is 6.60. The fourth-order valence-corrected chi connectivity index (χ4v) is 2.62. The highest BCUT2D eigenvalue weighted by atomic mass is 16.6. The number of nitrogens with zero attached hydrogens (tertiary/aromatic N) is 5. The molecule has 26 heavy (non-hydrogen) atoms. The van der Waals surface area contributed by atoms with Crippen LogP contribution in [0.2, 0.25) is 0 Å². The molecule has 0 fully saturated rings. The molecule has 0 saturated heterocycles. The van der Waals surface area contributed by atoms with Gasteiger partial charge in [0, 0.05) is 25.0 Å². The molecule has 0 radical (unpaired) electrons. The average molecular weight is 346 g/mol. The molecule has 0 atom stereocenters. The van der Waals surface area contributed by atoms with Crippen molar-refractivity contribution in [3.05, 3.63) is 82.8 Å². The van der Waals surface area contributed by atoms with Gasteiger partial charge in [-0.05, 0) is 33.7 Å². The van der Waals surface area contributed by atoms with E-state index in [4.69, 9.17) is 0 Å². The first kappa shape index (κ1) is 15.7. The molecule has 3 aromatic heterocycles. The molecule has 4 rings (SSSR count). The number of anilines is 1. The minimum absolute atomic E-state index is 0.163. The Kier molecular flexibility index (Phi) is 3.98. The number of imidazole rings is 1. The van der Waals surface area contributed by atoms with Crippen molar-refractivity contribution in [3.8, 4) is 11.1 Å². The summed E-state index contributed by atoms with van der Waals surface area (Å²) in [6, 6.07) is 15.5. The van der Waals surface area contributed by atoms with Crippen LogP contribution in [0.15, 0.2) is 67.1 Å². The van der Waals surface area contributed by atoms with E-state index in [2.05, 4.69) is 20.4 Å². The molecule has 0 amide bonds. The second-order valence-corrected chi connectivity index (χ2v) is 5.65. The molecule has 0 aliphatic heterocycles. The highest BCUT2D eigenvalue weighted by molar-refractivity contribution is 5.62. The van der Waals surface area contributed by atoms with E-state index in [0.29, 0.717) is 18.0 Å². The first-order chi connectivity index (χ1) is 12.7. The van der Waals surface area contributed by atoms with Crippen LogP contribution in [-0.2, 0) is 6.54 Å². The number of nitro groups is 1. The number of benzene rings is 1. The fraction of sp³-hybridized carbons (Fsp3) is 0.0556. The van der Waals surface area contributed by atoms with Gasteiger partial charge in [-0.25, -0.2) is 4.98 Å². The molecular formula is C18H14N6O2. The van der Waals surface area contributed by atoms with Gasteiger partial charge < -0.3 is 15.4 Å². The summed E-state index contributed by atoms with van der Waals surface area (Å²) in [5.74, 6) is 0.374. The molecular weight excluding hydrogens is 332 g/mol. The lowest BCUT2D eigenvalue weighted by molar-refractivity contribution is -0.391. The fourth-order valence-electron chi connectivity index (χ4n) is 2.62. The van der Waals surface area contributed by atoms with Crippen molar-refractivity contribution in [1.29, 1.82) is 0 Å². The predicted molar refractivity (Wildman–Crippen MR) is 96.6 cm³/mol. The van der Waals surface area contributed by atoms with Crippen molar-refractivity contribution in [1.82, 2.24) is 19.6 Å². The summed E-state index contributed by atoms with van der Waals surface area (Å²) in [5.41, 5.74) is 3.66. The summed E-state index contributed by atoms with van der Waals surface area (Å²) < 4.78 is 1.22. The molecule has 3 heterocycles. The molecule has 1 N–H and O–H groups in total. The third-order valence-electron chi connectivity index (χ3n) is 3.95. The lowest BCUT2D eigenvalue weighted by atomic mass is 10.1. The lowest BCUT2D eigenvalue weighted by Gasteiger charge is -2.06. The number of hydrogen-bond acceptors (Lipinski definition) is 6. The quantitative estimate of drug-likeness (QED) is 0.440. The zero-order valence-corrected chi connectivity index (χ0v) is 13.6. The Morgan fingerprint density at radius 3 is 2.62 bits per heavy atom. The van der Waals surface area contributed by atoms with E-state index >= 15 is 0 Å². The largest absolute Gasteiger partial charge is 0.368 e. The van der Waals surface area contributed by atoms with Gasteiger partial charge in [0.05, 0.1) is 0 Å². The van der Waals surface area contributed by atoms with Crippen molar-refractivity contribution >= 4 is 17.3 Å². The standard InChI is InChI=1S/C18H14N6O2/c25-24(26)18-12-21-17-8-7-16(22-23(17)18)20-10-13-3-5-14(6-4-13)15-2-1-9-19-11-15/h1-9,11-12H,10H2,(H,20,22). The Balaban J connectivity index is 1.49. The number of rotatable bonds is 5. The van der Waals surface area contributed by atoms with Crippen LogP contribution in [0.25, 0.3) is 16.8 Å². The van der Waals surface area contributed by atoms with Crippen molar-refractivity contribution in [3.63, 3.8) is 0 Å². The topological polar surface area (TPSA) is 98.2 Å². The first-order valence-corrected chi connectivity index (χ1v) is 7.93. The van der Waals surface area contributed by atoms with Gasteiger partial charge in [-0.1, -0.05) is 39.9 Å². The summed E-state index contributed by atoms with van der Waals surface area (Å²) >= 11 is 0. The van der Waals surface area contributed by atoms with E-state index in [1.54, 1.807) is 18.3 Å². The van der Waals surface area contributed by atoms with Gasteiger partial charge in [0.2, 0.25) is 5.65 Å².